The molecule has 0 bridgehead atoms. The SMILES string of the molecule is CCCNC(=O)N1CC(=O)N2[C@H](CO)[C@@H](c3ccc(C#Cc4ccc(F)cc4)cc3)[C@H]2C1. The van der Waals surface area contributed by atoms with Crippen LogP contribution in [0, 0.1) is 17.7 Å². The molecule has 0 radical (unpaired) electrons. The number of benzene rings is 2. The van der Waals surface area contributed by atoms with Crippen molar-refractivity contribution < 1.29 is 19.1 Å². The third-order valence-electron chi connectivity index (χ3n) is 6.06. The third-order valence-corrected chi connectivity index (χ3v) is 6.06. The molecule has 2 aromatic rings. The Hall–Kier alpha value is -3.37. The Morgan fingerprint density at radius 2 is 1.75 bits per heavy atom. The largest absolute Gasteiger partial charge is 0.394 e. The molecule has 2 saturated heterocycles. The topological polar surface area (TPSA) is 72.9 Å². The molecule has 0 saturated carbocycles. The number of hydrogen-bond acceptors (Lipinski definition) is 3. The number of urea groups is 1. The third kappa shape index (κ3) is 4.32. The summed E-state index contributed by atoms with van der Waals surface area (Å²) in [6, 6.07) is 13.1. The van der Waals surface area contributed by atoms with E-state index in [2.05, 4.69) is 17.2 Å². The molecule has 4 rings (SSSR count). The van der Waals surface area contributed by atoms with E-state index in [0.717, 1.165) is 23.1 Å². The van der Waals surface area contributed by atoms with Crippen LogP contribution >= 0.6 is 0 Å². The summed E-state index contributed by atoms with van der Waals surface area (Å²) in [6.07, 6.45) is 0.828. The fourth-order valence-electron chi connectivity index (χ4n) is 4.46. The normalized spacial score (nSPS) is 21.8. The Balaban J connectivity index is 1.49. The molecule has 6 nitrogen and oxygen atoms in total. The summed E-state index contributed by atoms with van der Waals surface area (Å²) < 4.78 is 13.0. The number of aliphatic hydroxyl groups is 1. The number of piperazine rings is 1. The summed E-state index contributed by atoms with van der Waals surface area (Å²) in [6.45, 7) is 2.90. The van der Waals surface area contributed by atoms with Gasteiger partial charge in [0.15, 0.2) is 0 Å². The van der Waals surface area contributed by atoms with E-state index in [1.165, 1.54) is 12.1 Å². The van der Waals surface area contributed by atoms with Crippen molar-refractivity contribution in [3.05, 3.63) is 71.0 Å². The average molecular weight is 435 g/mol. The minimum Gasteiger partial charge on any atom is -0.394 e. The molecule has 2 aromatic carbocycles. The predicted octanol–water partition coefficient (Wildman–Crippen LogP) is 2.32. The highest BCUT2D eigenvalue weighted by Crippen LogP contribution is 2.42. The number of amides is 3. The smallest absolute Gasteiger partial charge is 0.317 e. The number of nitrogens with zero attached hydrogens (tertiary/aromatic N) is 2. The summed E-state index contributed by atoms with van der Waals surface area (Å²) in [5.74, 6) is 5.59. The first-order valence-electron chi connectivity index (χ1n) is 10.8. The summed E-state index contributed by atoms with van der Waals surface area (Å²) in [4.78, 5) is 28.3. The minimum absolute atomic E-state index is 0.0349. The second-order valence-corrected chi connectivity index (χ2v) is 8.14. The van der Waals surface area contributed by atoms with Gasteiger partial charge < -0.3 is 20.2 Å². The molecule has 0 aliphatic carbocycles. The summed E-state index contributed by atoms with van der Waals surface area (Å²) in [5, 5.41) is 12.7. The van der Waals surface area contributed by atoms with Crippen molar-refractivity contribution in [2.45, 2.75) is 31.3 Å². The number of hydrogen-bond donors (Lipinski definition) is 2. The van der Waals surface area contributed by atoms with Gasteiger partial charge in [0, 0.05) is 30.1 Å². The Kier molecular flexibility index (Phi) is 6.42. The van der Waals surface area contributed by atoms with Crippen LogP contribution in [0.15, 0.2) is 48.5 Å². The summed E-state index contributed by atoms with van der Waals surface area (Å²) in [5.41, 5.74) is 2.55. The van der Waals surface area contributed by atoms with E-state index >= 15 is 0 Å². The van der Waals surface area contributed by atoms with Crippen molar-refractivity contribution in [3.8, 4) is 11.8 Å². The number of aliphatic hydroxyl groups excluding tert-OH is 1. The van der Waals surface area contributed by atoms with E-state index in [4.69, 9.17) is 0 Å². The van der Waals surface area contributed by atoms with Crippen LogP contribution in [-0.4, -0.2) is 65.2 Å². The molecule has 0 spiro atoms. The maximum atomic E-state index is 13.0. The highest BCUT2D eigenvalue weighted by Gasteiger charge is 2.54. The summed E-state index contributed by atoms with van der Waals surface area (Å²) in [7, 11) is 0. The Labute approximate surface area is 187 Å². The van der Waals surface area contributed by atoms with E-state index in [0.29, 0.717) is 13.1 Å². The maximum Gasteiger partial charge on any atom is 0.317 e. The fraction of sp³-hybridized carbons (Fsp3) is 0.360. The van der Waals surface area contributed by atoms with E-state index in [9.17, 15) is 19.1 Å². The average Bonchev–Trinajstić information content (AvgIpc) is 2.79. The van der Waals surface area contributed by atoms with Crippen molar-refractivity contribution in [3.63, 3.8) is 0 Å². The molecular formula is C25H26FN3O3. The zero-order valence-electron chi connectivity index (χ0n) is 17.9. The highest BCUT2D eigenvalue weighted by atomic mass is 19.1. The van der Waals surface area contributed by atoms with Gasteiger partial charge in [0.1, 0.15) is 12.4 Å². The molecular weight excluding hydrogens is 409 g/mol. The molecule has 0 unspecified atom stereocenters. The fourth-order valence-corrected chi connectivity index (χ4v) is 4.46. The molecule has 166 valence electrons. The van der Waals surface area contributed by atoms with E-state index in [1.54, 1.807) is 21.9 Å². The lowest BCUT2D eigenvalue weighted by Gasteiger charge is -2.58. The molecule has 0 aromatic heterocycles. The van der Waals surface area contributed by atoms with Crippen molar-refractivity contribution >= 4 is 11.9 Å². The van der Waals surface area contributed by atoms with Gasteiger partial charge in [0.2, 0.25) is 5.91 Å². The van der Waals surface area contributed by atoms with Crippen LogP contribution in [0.2, 0.25) is 0 Å². The lowest BCUT2D eigenvalue weighted by atomic mass is 9.73. The van der Waals surface area contributed by atoms with Crippen LogP contribution in [0.3, 0.4) is 0 Å². The molecule has 2 fully saturated rings. The zero-order chi connectivity index (χ0) is 22.7. The van der Waals surface area contributed by atoms with Crippen molar-refractivity contribution in [2.24, 2.45) is 0 Å². The van der Waals surface area contributed by atoms with Gasteiger partial charge in [0.25, 0.3) is 0 Å². The Morgan fingerprint density at radius 3 is 2.34 bits per heavy atom. The number of carbonyl (C=O) groups is 2. The number of nitrogens with one attached hydrogen (secondary N) is 1. The van der Waals surface area contributed by atoms with Gasteiger partial charge in [-0.1, -0.05) is 30.9 Å². The molecule has 3 atom stereocenters. The number of halogens is 1. The molecule has 7 heteroatoms. The lowest BCUT2D eigenvalue weighted by Crippen LogP contribution is -2.73. The first-order valence-corrected chi connectivity index (χ1v) is 10.8. The number of fused-ring (bicyclic) bond motifs is 1. The summed E-state index contributed by atoms with van der Waals surface area (Å²) >= 11 is 0. The molecule has 32 heavy (non-hydrogen) atoms. The van der Waals surface area contributed by atoms with Crippen LogP contribution in [0.4, 0.5) is 9.18 Å². The van der Waals surface area contributed by atoms with Crippen LogP contribution in [0.25, 0.3) is 0 Å². The van der Waals surface area contributed by atoms with Gasteiger partial charge in [-0.2, -0.15) is 0 Å². The number of rotatable bonds is 4. The van der Waals surface area contributed by atoms with Crippen LogP contribution < -0.4 is 5.32 Å². The molecule has 2 aliphatic heterocycles. The van der Waals surface area contributed by atoms with E-state index < -0.39 is 0 Å². The lowest BCUT2D eigenvalue weighted by molar-refractivity contribution is -0.159. The van der Waals surface area contributed by atoms with Gasteiger partial charge in [-0.15, -0.1) is 0 Å². The first-order chi connectivity index (χ1) is 15.5. The van der Waals surface area contributed by atoms with E-state index in [1.807, 2.05) is 31.2 Å². The second kappa shape index (κ2) is 9.41. The van der Waals surface area contributed by atoms with Gasteiger partial charge in [-0.3, -0.25) is 4.79 Å². The maximum absolute atomic E-state index is 13.0. The molecule has 2 aliphatic rings. The zero-order valence-corrected chi connectivity index (χ0v) is 17.9. The molecule has 3 amide bonds. The molecule has 2 heterocycles. The quantitative estimate of drug-likeness (QED) is 0.724. The second-order valence-electron chi connectivity index (χ2n) is 8.14. The predicted molar refractivity (Wildman–Crippen MR) is 118 cm³/mol. The van der Waals surface area contributed by atoms with Crippen molar-refractivity contribution in [2.75, 3.05) is 26.2 Å². The van der Waals surface area contributed by atoms with Gasteiger partial charge >= 0.3 is 6.03 Å². The van der Waals surface area contributed by atoms with Crippen LogP contribution in [0.5, 0.6) is 0 Å². The van der Waals surface area contributed by atoms with Crippen molar-refractivity contribution in [1.29, 1.82) is 0 Å². The van der Waals surface area contributed by atoms with E-state index in [-0.39, 0.29) is 48.9 Å². The van der Waals surface area contributed by atoms with Gasteiger partial charge in [-0.25, -0.2) is 9.18 Å². The highest BCUT2D eigenvalue weighted by molar-refractivity contribution is 5.87. The Morgan fingerprint density at radius 1 is 1.12 bits per heavy atom. The van der Waals surface area contributed by atoms with Crippen molar-refractivity contribution in [1.82, 2.24) is 15.1 Å². The van der Waals surface area contributed by atoms with Gasteiger partial charge in [0.05, 0.1) is 18.7 Å². The van der Waals surface area contributed by atoms with Crippen LogP contribution in [-0.2, 0) is 4.79 Å². The standard InChI is InChI=1S/C25H26FN3O3/c1-2-13-27-25(32)28-14-21-24(22(16-30)29(21)23(31)15-28)19-9-5-17(6-10-19)3-4-18-7-11-20(26)12-8-18/h5-12,21-22,24,30H,2,13-16H2,1H3,(H,27,32)/t21-,22-,24+/m1/s1. The molecule has 2 N–H and O–H groups in total. The Bertz CT molecular complexity index is 1040. The van der Waals surface area contributed by atoms with Gasteiger partial charge in [-0.05, 0) is 48.4 Å². The minimum atomic E-state index is -0.296. The monoisotopic (exact) mass is 435 g/mol. The van der Waals surface area contributed by atoms with Crippen LogP contribution in [0.1, 0.15) is 36.0 Å². The first kappa shape index (κ1) is 21.8. The number of carbonyl (C=O) groups excluding carboxylic acids is 2.